The number of nitrogens with zero attached hydrogens (tertiary/aromatic N) is 4. The number of carboxylic acid groups (broad SMARTS) is 1. The minimum Gasteiger partial charge on any atom is -0.497 e. The lowest BCUT2D eigenvalue weighted by atomic mass is 10.1. The third kappa shape index (κ3) is 4.59. The summed E-state index contributed by atoms with van der Waals surface area (Å²) in [4.78, 5) is 15.0. The zero-order valence-corrected chi connectivity index (χ0v) is 17.6. The maximum absolute atomic E-state index is 11.7. The van der Waals surface area contributed by atoms with Gasteiger partial charge in [0.05, 0.1) is 13.7 Å². The monoisotopic (exact) mass is 424 g/mol. The van der Waals surface area contributed by atoms with E-state index in [9.17, 15) is 9.90 Å². The zero-order chi connectivity index (χ0) is 20.9. The molecule has 8 heteroatoms. The van der Waals surface area contributed by atoms with Crippen LogP contribution in [0.25, 0.3) is 0 Å². The van der Waals surface area contributed by atoms with Gasteiger partial charge in [0.2, 0.25) is 5.69 Å². The van der Waals surface area contributed by atoms with Crippen LogP contribution in [0.5, 0.6) is 5.75 Å². The van der Waals surface area contributed by atoms with Gasteiger partial charge in [0.25, 0.3) is 0 Å². The van der Waals surface area contributed by atoms with Gasteiger partial charge in [-0.15, -0.1) is 5.10 Å². The first-order chi connectivity index (χ1) is 14.6. The number of piperidine rings is 1. The number of carbonyl (C=O) groups is 1. The summed E-state index contributed by atoms with van der Waals surface area (Å²) < 4.78 is 6.82. The van der Waals surface area contributed by atoms with Gasteiger partial charge in [-0.1, -0.05) is 29.1 Å². The number of hydrogen-bond donors (Lipinski definition) is 1. The Balaban J connectivity index is 1.54. The second kappa shape index (κ2) is 9.21. The van der Waals surface area contributed by atoms with Crippen molar-refractivity contribution in [2.75, 3.05) is 25.1 Å². The van der Waals surface area contributed by atoms with Crippen molar-refractivity contribution in [3.63, 3.8) is 0 Å². The van der Waals surface area contributed by atoms with Crippen LogP contribution in [0.4, 0.5) is 5.69 Å². The van der Waals surface area contributed by atoms with E-state index in [-0.39, 0.29) is 5.69 Å². The fraction of sp³-hybridized carbons (Fsp3) is 0.318. The Kier molecular flexibility index (Phi) is 6.23. The molecule has 1 saturated heterocycles. The SMILES string of the molecule is COc1ccc(Cn2nnc(C(=O)O)c2Sc2ccc(N3CCCCC3)cc2)cc1. The Bertz CT molecular complexity index is 996. The highest BCUT2D eigenvalue weighted by molar-refractivity contribution is 7.99. The van der Waals surface area contributed by atoms with E-state index in [0.29, 0.717) is 11.6 Å². The molecule has 0 spiro atoms. The minimum atomic E-state index is -1.08. The van der Waals surface area contributed by atoms with Crippen LogP contribution >= 0.6 is 11.8 Å². The van der Waals surface area contributed by atoms with E-state index in [1.165, 1.54) is 36.7 Å². The molecular formula is C22H24N4O3S. The molecule has 0 amide bonds. The number of aromatic carboxylic acids is 1. The normalized spacial score (nSPS) is 14.0. The zero-order valence-electron chi connectivity index (χ0n) is 16.8. The van der Waals surface area contributed by atoms with Crippen LogP contribution in [0, 0.1) is 0 Å². The predicted molar refractivity (Wildman–Crippen MR) is 116 cm³/mol. The molecule has 2 heterocycles. The number of rotatable bonds is 7. The average molecular weight is 425 g/mol. The number of methoxy groups -OCH3 is 1. The summed E-state index contributed by atoms with van der Waals surface area (Å²) in [6, 6.07) is 15.9. The number of hydrogen-bond acceptors (Lipinski definition) is 6. The van der Waals surface area contributed by atoms with Crippen molar-refractivity contribution in [1.82, 2.24) is 15.0 Å². The Morgan fingerprint density at radius 3 is 2.40 bits per heavy atom. The van der Waals surface area contributed by atoms with E-state index in [1.54, 1.807) is 11.8 Å². The molecule has 3 aromatic rings. The van der Waals surface area contributed by atoms with E-state index in [1.807, 2.05) is 36.4 Å². The summed E-state index contributed by atoms with van der Waals surface area (Å²) in [5.41, 5.74) is 2.16. The Hall–Kier alpha value is -3.00. The van der Waals surface area contributed by atoms with Gasteiger partial charge >= 0.3 is 5.97 Å². The highest BCUT2D eigenvalue weighted by atomic mass is 32.2. The maximum Gasteiger partial charge on any atom is 0.359 e. The molecule has 1 aliphatic heterocycles. The fourth-order valence-corrected chi connectivity index (χ4v) is 4.46. The largest absolute Gasteiger partial charge is 0.497 e. The van der Waals surface area contributed by atoms with Crippen molar-refractivity contribution < 1.29 is 14.6 Å². The molecule has 2 aromatic carbocycles. The molecule has 0 aliphatic carbocycles. The summed E-state index contributed by atoms with van der Waals surface area (Å²) >= 11 is 1.37. The van der Waals surface area contributed by atoms with Gasteiger partial charge in [0, 0.05) is 23.7 Å². The summed E-state index contributed by atoms with van der Waals surface area (Å²) in [5.74, 6) is -0.310. The molecule has 1 fully saturated rings. The van der Waals surface area contributed by atoms with E-state index >= 15 is 0 Å². The Morgan fingerprint density at radius 1 is 1.07 bits per heavy atom. The van der Waals surface area contributed by atoms with Crippen LogP contribution in [-0.4, -0.2) is 46.3 Å². The third-order valence-corrected chi connectivity index (χ3v) is 6.26. The molecule has 0 unspecified atom stereocenters. The molecule has 1 aliphatic rings. The van der Waals surface area contributed by atoms with Crippen molar-refractivity contribution in [2.24, 2.45) is 0 Å². The van der Waals surface area contributed by atoms with Gasteiger partial charge in [-0.25, -0.2) is 9.48 Å². The highest BCUT2D eigenvalue weighted by Crippen LogP contribution is 2.32. The summed E-state index contributed by atoms with van der Waals surface area (Å²) in [6.07, 6.45) is 3.76. The molecule has 30 heavy (non-hydrogen) atoms. The van der Waals surface area contributed by atoms with E-state index < -0.39 is 5.97 Å². The molecule has 7 nitrogen and oxygen atoms in total. The number of carboxylic acids is 1. The second-order valence-corrected chi connectivity index (χ2v) is 8.26. The fourth-order valence-electron chi connectivity index (χ4n) is 3.54. The first-order valence-electron chi connectivity index (χ1n) is 9.96. The number of anilines is 1. The molecule has 1 aromatic heterocycles. The van der Waals surface area contributed by atoms with Crippen LogP contribution in [0.15, 0.2) is 58.5 Å². The topological polar surface area (TPSA) is 80.5 Å². The molecule has 0 atom stereocenters. The van der Waals surface area contributed by atoms with Crippen molar-refractivity contribution in [3.8, 4) is 5.75 Å². The Morgan fingerprint density at radius 2 is 1.77 bits per heavy atom. The predicted octanol–water partition coefficient (Wildman–Crippen LogP) is 4.17. The van der Waals surface area contributed by atoms with Gasteiger partial charge in [-0.05, 0) is 61.2 Å². The average Bonchev–Trinajstić information content (AvgIpc) is 3.18. The van der Waals surface area contributed by atoms with E-state index in [0.717, 1.165) is 29.3 Å². The first kappa shape index (κ1) is 20.3. The van der Waals surface area contributed by atoms with Gasteiger partial charge < -0.3 is 14.7 Å². The van der Waals surface area contributed by atoms with Crippen molar-refractivity contribution >= 4 is 23.4 Å². The van der Waals surface area contributed by atoms with Crippen LogP contribution < -0.4 is 9.64 Å². The Labute approximate surface area is 179 Å². The minimum absolute atomic E-state index is 0.0337. The van der Waals surface area contributed by atoms with Gasteiger partial charge in [-0.2, -0.15) is 0 Å². The molecule has 0 saturated carbocycles. The molecule has 4 rings (SSSR count). The molecular weight excluding hydrogens is 400 g/mol. The van der Waals surface area contributed by atoms with Gasteiger partial charge in [-0.3, -0.25) is 0 Å². The molecule has 0 bridgehead atoms. The number of ether oxygens (including phenoxy) is 1. The molecule has 0 radical (unpaired) electrons. The van der Waals surface area contributed by atoms with Crippen LogP contribution in [0.2, 0.25) is 0 Å². The van der Waals surface area contributed by atoms with Crippen LogP contribution in [-0.2, 0) is 6.54 Å². The summed E-state index contributed by atoms with van der Waals surface area (Å²) in [6.45, 7) is 2.61. The molecule has 1 N–H and O–H groups in total. The van der Waals surface area contributed by atoms with E-state index in [2.05, 4.69) is 27.3 Å². The van der Waals surface area contributed by atoms with Crippen LogP contribution in [0.3, 0.4) is 0 Å². The van der Waals surface area contributed by atoms with Crippen molar-refractivity contribution in [1.29, 1.82) is 0 Å². The second-order valence-electron chi connectivity index (χ2n) is 7.20. The number of benzene rings is 2. The smallest absolute Gasteiger partial charge is 0.359 e. The quantitative estimate of drug-likeness (QED) is 0.609. The van der Waals surface area contributed by atoms with Gasteiger partial charge in [0.1, 0.15) is 10.8 Å². The highest BCUT2D eigenvalue weighted by Gasteiger charge is 2.21. The lowest BCUT2D eigenvalue weighted by Crippen LogP contribution is -2.29. The molecule has 156 valence electrons. The van der Waals surface area contributed by atoms with Crippen molar-refractivity contribution in [2.45, 2.75) is 35.7 Å². The number of aromatic nitrogens is 3. The first-order valence-corrected chi connectivity index (χ1v) is 10.8. The lowest BCUT2D eigenvalue weighted by molar-refractivity contribution is 0.0686. The summed E-state index contributed by atoms with van der Waals surface area (Å²) in [5, 5.41) is 18.1. The third-order valence-electron chi connectivity index (χ3n) is 5.16. The van der Waals surface area contributed by atoms with E-state index in [4.69, 9.17) is 4.74 Å². The van der Waals surface area contributed by atoms with Crippen LogP contribution in [0.1, 0.15) is 35.3 Å². The maximum atomic E-state index is 11.7. The summed E-state index contributed by atoms with van der Waals surface area (Å²) in [7, 11) is 1.62. The standard InChI is InChI=1S/C22H24N4O3S/c1-29-18-9-5-16(6-10-18)15-26-21(20(22(27)28)23-24-26)30-19-11-7-17(8-12-19)25-13-3-2-4-14-25/h5-12H,2-4,13-15H2,1H3,(H,27,28). The lowest BCUT2D eigenvalue weighted by Gasteiger charge is -2.28. The van der Waals surface area contributed by atoms with Gasteiger partial charge in [0.15, 0.2) is 0 Å². The van der Waals surface area contributed by atoms with Crippen molar-refractivity contribution in [3.05, 3.63) is 59.8 Å².